The lowest BCUT2D eigenvalue weighted by molar-refractivity contribution is 0.0691. The lowest BCUT2D eigenvalue weighted by Gasteiger charge is -2.20. The predicted octanol–water partition coefficient (Wildman–Crippen LogP) is 5.18. The molecule has 4 aromatic rings. The van der Waals surface area contributed by atoms with Gasteiger partial charge < -0.3 is 14.8 Å². The maximum absolute atomic E-state index is 13.0. The molecule has 6 rings (SSSR count). The highest BCUT2D eigenvalue weighted by Crippen LogP contribution is 2.44. The van der Waals surface area contributed by atoms with E-state index in [0.717, 1.165) is 22.2 Å². The van der Waals surface area contributed by atoms with Gasteiger partial charge >= 0.3 is 12.1 Å². The molecule has 6 nitrogen and oxygen atoms in total. The molecule has 6 heteroatoms. The Morgan fingerprint density at radius 2 is 1.69 bits per heavy atom. The lowest BCUT2D eigenvalue weighted by Crippen LogP contribution is -2.30. The van der Waals surface area contributed by atoms with Crippen LogP contribution in [0.1, 0.15) is 33.1 Å². The molecule has 0 spiro atoms. The number of fused-ring (bicyclic) bond motifs is 6. The van der Waals surface area contributed by atoms with E-state index in [-0.39, 0.29) is 24.3 Å². The SMILES string of the molecule is O=C(O)c1cc2c3c(ccc2[nH]1)N(C(=O)OCC1c2ccccc2-c2ccccc21)CC3. The first-order valence-electron chi connectivity index (χ1n) is 10.6. The van der Waals surface area contributed by atoms with Crippen molar-refractivity contribution in [2.75, 3.05) is 18.1 Å². The van der Waals surface area contributed by atoms with Crippen LogP contribution in [0.3, 0.4) is 0 Å². The third-order valence-corrected chi connectivity index (χ3v) is 6.55. The predicted molar refractivity (Wildman–Crippen MR) is 121 cm³/mol. The van der Waals surface area contributed by atoms with Crippen LogP contribution in [0.2, 0.25) is 0 Å². The van der Waals surface area contributed by atoms with Crippen molar-refractivity contribution in [2.24, 2.45) is 0 Å². The van der Waals surface area contributed by atoms with Gasteiger partial charge in [0.15, 0.2) is 0 Å². The molecule has 3 aromatic carbocycles. The van der Waals surface area contributed by atoms with Gasteiger partial charge in [-0.3, -0.25) is 4.90 Å². The topological polar surface area (TPSA) is 82.6 Å². The Morgan fingerprint density at radius 1 is 1.00 bits per heavy atom. The number of hydrogen-bond donors (Lipinski definition) is 2. The van der Waals surface area contributed by atoms with Gasteiger partial charge in [-0.25, -0.2) is 9.59 Å². The molecule has 0 bridgehead atoms. The average Bonchev–Trinajstić information content (AvgIpc) is 3.51. The van der Waals surface area contributed by atoms with Gasteiger partial charge in [-0.05, 0) is 52.4 Å². The van der Waals surface area contributed by atoms with Crippen LogP contribution in [0.15, 0.2) is 66.7 Å². The smallest absolute Gasteiger partial charge is 0.414 e. The summed E-state index contributed by atoms with van der Waals surface area (Å²) in [5, 5.41) is 10.1. The molecule has 0 atom stereocenters. The molecule has 1 aromatic heterocycles. The van der Waals surface area contributed by atoms with Crippen LogP contribution in [0.25, 0.3) is 22.0 Å². The van der Waals surface area contributed by atoms with E-state index >= 15 is 0 Å². The summed E-state index contributed by atoms with van der Waals surface area (Å²) in [6, 6.07) is 21.8. The summed E-state index contributed by atoms with van der Waals surface area (Å²) in [6.07, 6.45) is 0.285. The Morgan fingerprint density at radius 3 is 2.38 bits per heavy atom. The number of amides is 1. The van der Waals surface area contributed by atoms with Gasteiger partial charge in [0.1, 0.15) is 12.3 Å². The number of ether oxygens (including phenoxy) is 1. The van der Waals surface area contributed by atoms with Crippen molar-refractivity contribution < 1.29 is 19.4 Å². The molecule has 32 heavy (non-hydrogen) atoms. The van der Waals surface area contributed by atoms with Gasteiger partial charge in [0.05, 0.1) is 5.69 Å². The largest absolute Gasteiger partial charge is 0.477 e. The number of carboxylic acids is 1. The van der Waals surface area contributed by atoms with Crippen molar-refractivity contribution in [2.45, 2.75) is 12.3 Å². The van der Waals surface area contributed by atoms with E-state index in [1.165, 1.54) is 22.3 Å². The van der Waals surface area contributed by atoms with E-state index in [1.807, 2.05) is 36.4 Å². The minimum Gasteiger partial charge on any atom is -0.477 e. The number of carboxylic acid groups (broad SMARTS) is 1. The Hall–Kier alpha value is -4.06. The third-order valence-electron chi connectivity index (χ3n) is 6.55. The van der Waals surface area contributed by atoms with E-state index in [2.05, 4.69) is 29.2 Å². The highest BCUT2D eigenvalue weighted by molar-refractivity contribution is 6.00. The second-order valence-electron chi connectivity index (χ2n) is 8.22. The maximum atomic E-state index is 13.0. The number of aromatic carboxylic acids is 1. The zero-order valence-corrected chi connectivity index (χ0v) is 17.2. The minimum atomic E-state index is -0.999. The lowest BCUT2D eigenvalue weighted by atomic mass is 9.98. The van der Waals surface area contributed by atoms with Crippen molar-refractivity contribution in [3.8, 4) is 11.1 Å². The summed E-state index contributed by atoms with van der Waals surface area (Å²) in [5.41, 5.74) is 7.41. The van der Waals surface area contributed by atoms with Gasteiger partial charge in [0, 0.05) is 23.4 Å². The van der Waals surface area contributed by atoms with E-state index in [1.54, 1.807) is 11.0 Å². The van der Waals surface area contributed by atoms with Crippen molar-refractivity contribution in [1.29, 1.82) is 0 Å². The molecular weight excluding hydrogens is 404 g/mol. The zero-order valence-electron chi connectivity index (χ0n) is 17.2. The molecule has 0 saturated heterocycles. The fourth-order valence-electron chi connectivity index (χ4n) is 5.09. The van der Waals surface area contributed by atoms with Crippen LogP contribution in [0.5, 0.6) is 0 Å². The van der Waals surface area contributed by atoms with Gasteiger partial charge in [-0.15, -0.1) is 0 Å². The number of aromatic amines is 1. The quantitative estimate of drug-likeness (QED) is 0.475. The molecule has 2 aliphatic rings. The summed E-state index contributed by atoms with van der Waals surface area (Å²) in [5.74, 6) is -0.986. The summed E-state index contributed by atoms with van der Waals surface area (Å²) >= 11 is 0. The second kappa shape index (κ2) is 6.99. The number of nitrogens with zero attached hydrogens (tertiary/aromatic N) is 1. The van der Waals surface area contributed by atoms with Crippen molar-refractivity contribution >= 4 is 28.7 Å². The highest BCUT2D eigenvalue weighted by atomic mass is 16.6. The first kappa shape index (κ1) is 18.7. The molecule has 1 aliphatic heterocycles. The fourth-order valence-corrected chi connectivity index (χ4v) is 5.09. The first-order valence-corrected chi connectivity index (χ1v) is 10.6. The molecule has 158 valence electrons. The molecule has 0 saturated carbocycles. The summed E-state index contributed by atoms with van der Waals surface area (Å²) in [4.78, 5) is 28.9. The molecule has 1 amide bonds. The minimum absolute atomic E-state index is 0.0127. The number of aromatic nitrogens is 1. The number of benzene rings is 3. The molecular formula is C26H20N2O4. The van der Waals surface area contributed by atoms with Gasteiger partial charge in [-0.2, -0.15) is 0 Å². The number of H-pyrrole nitrogens is 1. The summed E-state index contributed by atoms with van der Waals surface area (Å²) in [7, 11) is 0. The number of nitrogens with one attached hydrogen (secondary N) is 1. The van der Waals surface area contributed by atoms with Gasteiger partial charge in [0.25, 0.3) is 0 Å². The van der Waals surface area contributed by atoms with Gasteiger partial charge in [0.2, 0.25) is 0 Å². The molecule has 0 radical (unpaired) electrons. The molecule has 0 unspecified atom stereocenters. The monoisotopic (exact) mass is 424 g/mol. The van der Waals surface area contributed by atoms with Crippen LogP contribution in [-0.2, 0) is 11.2 Å². The van der Waals surface area contributed by atoms with Crippen LogP contribution in [0.4, 0.5) is 10.5 Å². The number of hydrogen-bond acceptors (Lipinski definition) is 3. The van der Waals surface area contributed by atoms with E-state index in [9.17, 15) is 14.7 Å². The molecule has 1 aliphatic carbocycles. The van der Waals surface area contributed by atoms with E-state index < -0.39 is 5.97 Å². The Labute approximate surface area is 184 Å². The summed E-state index contributed by atoms with van der Waals surface area (Å²) in [6.45, 7) is 0.785. The van der Waals surface area contributed by atoms with Crippen LogP contribution in [0, 0.1) is 0 Å². The van der Waals surface area contributed by atoms with E-state index in [0.29, 0.717) is 13.0 Å². The van der Waals surface area contributed by atoms with Crippen molar-refractivity contribution in [3.05, 3.63) is 89.1 Å². The fraction of sp³-hybridized carbons (Fsp3) is 0.154. The number of rotatable bonds is 3. The highest BCUT2D eigenvalue weighted by Gasteiger charge is 2.32. The zero-order chi connectivity index (χ0) is 21.8. The van der Waals surface area contributed by atoms with Crippen LogP contribution >= 0.6 is 0 Å². The first-order chi connectivity index (χ1) is 15.6. The maximum Gasteiger partial charge on any atom is 0.414 e. The third kappa shape index (κ3) is 2.73. The molecule has 2 N–H and O–H groups in total. The Bertz CT molecular complexity index is 1360. The number of carbonyl (C=O) groups excluding carboxylic acids is 1. The van der Waals surface area contributed by atoms with Crippen LogP contribution in [-0.4, -0.2) is 35.3 Å². The number of carbonyl (C=O) groups is 2. The second-order valence-corrected chi connectivity index (χ2v) is 8.22. The standard InChI is InChI=1S/C26H20N2O4/c29-25(30)23-13-20-19-11-12-28(24(19)10-9-22(20)27-23)26(31)32-14-21-17-7-3-1-5-15(17)16-6-2-4-8-18(16)21/h1-10,13,21,27H,11-12,14H2,(H,29,30). The normalized spacial score (nSPS) is 14.3. The van der Waals surface area contributed by atoms with Crippen LogP contribution < -0.4 is 4.90 Å². The number of anilines is 1. The van der Waals surface area contributed by atoms with Gasteiger partial charge in [-0.1, -0.05) is 48.5 Å². The Balaban J connectivity index is 1.26. The summed E-state index contributed by atoms with van der Waals surface area (Å²) < 4.78 is 5.82. The van der Waals surface area contributed by atoms with Crippen molar-refractivity contribution in [3.63, 3.8) is 0 Å². The van der Waals surface area contributed by atoms with Crippen molar-refractivity contribution in [1.82, 2.24) is 4.98 Å². The molecule has 0 fully saturated rings. The molecule has 2 heterocycles. The average molecular weight is 424 g/mol. The van der Waals surface area contributed by atoms with E-state index in [4.69, 9.17) is 4.74 Å². The Kier molecular flexibility index (Phi) is 4.08.